The van der Waals surface area contributed by atoms with Crippen molar-refractivity contribution in [1.29, 1.82) is 0 Å². The summed E-state index contributed by atoms with van der Waals surface area (Å²) in [5.74, 6) is 0.762. The van der Waals surface area contributed by atoms with Crippen molar-refractivity contribution in [2.45, 2.75) is 5.75 Å². The molecule has 0 aliphatic rings. The summed E-state index contributed by atoms with van der Waals surface area (Å²) >= 11 is 1.73. The van der Waals surface area contributed by atoms with Crippen LogP contribution >= 0.6 is 11.8 Å². The Hall–Kier alpha value is -1.54. The molecule has 86 valence electrons. The Labute approximate surface area is 105 Å². The Morgan fingerprint density at radius 1 is 0.941 bits per heavy atom. The molecule has 17 heavy (non-hydrogen) atoms. The van der Waals surface area contributed by atoms with E-state index >= 15 is 0 Å². The fourth-order valence-corrected chi connectivity index (χ4v) is 2.15. The first-order valence-electron chi connectivity index (χ1n) is 5.42. The fourth-order valence-electron chi connectivity index (χ4n) is 1.42. The third-order valence-corrected chi connectivity index (χ3v) is 3.15. The van der Waals surface area contributed by atoms with E-state index in [1.807, 2.05) is 29.7 Å². The van der Waals surface area contributed by atoms with Crippen molar-refractivity contribution in [3.05, 3.63) is 76.9 Å². The predicted octanol–water partition coefficient (Wildman–Crippen LogP) is 4.73. The van der Waals surface area contributed by atoms with E-state index in [0.717, 1.165) is 11.3 Å². The Kier molecular flexibility index (Phi) is 4.39. The zero-order valence-corrected chi connectivity index (χ0v) is 10.2. The summed E-state index contributed by atoms with van der Waals surface area (Å²) in [7, 11) is 0. The number of thioether (sulfide) groups is 1. The van der Waals surface area contributed by atoms with Crippen molar-refractivity contribution in [2.75, 3.05) is 0 Å². The molecule has 0 saturated heterocycles. The minimum Gasteiger partial charge on any atom is -0.207 e. The third kappa shape index (κ3) is 4.08. The Balaban J connectivity index is 1.84. The molecular formula is C15H13FS. The van der Waals surface area contributed by atoms with Crippen molar-refractivity contribution in [2.24, 2.45) is 0 Å². The first kappa shape index (κ1) is 11.9. The van der Waals surface area contributed by atoms with Crippen LogP contribution in [0.15, 0.2) is 60.0 Å². The van der Waals surface area contributed by atoms with Gasteiger partial charge in [0.1, 0.15) is 5.82 Å². The van der Waals surface area contributed by atoms with Gasteiger partial charge in [0.25, 0.3) is 0 Å². The van der Waals surface area contributed by atoms with Gasteiger partial charge in [0.05, 0.1) is 0 Å². The Morgan fingerprint density at radius 3 is 2.35 bits per heavy atom. The monoisotopic (exact) mass is 244 g/mol. The van der Waals surface area contributed by atoms with Crippen LogP contribution in [-0.4, -0.2) is 0 Å². The molecule has 0 spiro atoms. The lowest BCUT2D eigenvalue weighted by Gasteiger charge is -1.96. The first-order valence-corrected chi connectivity index (χ1v) is 6.47. The molecule has 0 atom stereocenters. The van der Waals surface area contributed by atoms with Crippen LogP contribution < -0.4 is 0 Å². The second-order valence-electron chi connectivity index (χ2n) is 3.65. The topological polar surface area (TPSA) is 0 Å². The van der Waals surface area contributed by atoms with Crippen LogP contribution in [0.1, 0.15) is 11.1 Å². The highest BCUT2D eigenvalue weighted by Crippen LogP contribution is 2.15. The van der Waals surface area contributed by atoms with E-state index in [0.29, 0.717) is 0 Å². The minimum absolute atomic E-state index is 0.195. The summed E-state index contributed by atoms with van der Waals surface area (Å²) in [4.78, 5) is 0. The molecule has 0 unspecified atom stereocenters. The highest BCUT2D eigenvalue weighted by atomic mass is 32.2. The van der Waals surface area contributed by atoms with Crippen LogP contribution in [0, 0.1) is 5.82 Å². The van der Waals surface area contributed by atoms with Crippen LogP contribution in [0.25, 0.3) is 6.08 Å². The van der Waals surface area contributed by atoms with Crippen LogP contribution in [0.2, 0.25) is 0 Å². The standard InChI is InChI=1S/C15H13FS/c16-15-8-6-13(7-9-15)10-11-17-12-14-4-2-1-3-5-14/h1-11H,12H2/b11-10-. The highest BCUT2D eigenvalue weighted by Gasteiger charge is 1.90. The summed E-state index contributed by atoms with van der Waals surface area (Å²) < 4.78 is 12.7. The zero-order chi connectivity index (χ0) is 11.9. The van der Waals surface area contributed by atoms with Gasteiger partial charge in [0, 0.05) is 5.75 Å². The molecule has 0 bridgehead atoms. The van der Waals surface area contributed by atoms with Crippen LogP contribution in [0.5, 0.6) is 0 Å². The number of hydrogen-bond donors (Lipinski definition) is 0. The van der Waals surface area contributed by atoms with Gasteiger partial charge >= 0.3 is 0 Å². The smallest absolute Gasteiger partial charge is 0.123 e. The summed E-state index contributed by atoms with van der Waals surface area (Å²) in [6, 6.07) is 16.8. The maximum atomic E-state index is 12.7. The number of benzene rings is 2. The summed E-state index contributed by atoms with van der Waals surface area (Å²) in [6.45, 7) is 0. The average molecular weight is 244 g/mol. The second-order valence-corrected chi connectivity index (χ2v) is 4.55. The lowest BCUT2D eigenvalue weighted by Crippen LogP contribution is -1.76. The van der Waals surface area contributed by atoms with Gasteiger partial charge < -0.3 is 0 Å². The average Bonchev–Trinajstić information content (AvgIpc) is 2.38. The van der Waals surface area contributed by atoms with Crippen molar-refractivity contribution in [3.63, 3.8) is 0 Å². The van der Waals surface area contributed by atoms with Crippen molar-refractivity contribution < 1.29 is 4.39 Å². The molecule has 0 heterocycles. The van der Waals surface area contributed by atoms with E-state index in [2.05, 4.69) is 12.1 Å². The van der Waals surface area contributed by atoms with Gasteiger partial charge in [-0.05, 0) is 34.7 Å². The minimum atomic E-state index is -0.195. The predicted molar refractivity (Wildman–Crippen MR) is 73.2 cm³/mol. The van der Waals surface area contributed by atoms with E-state index in [9.17, 15) is 4.39 Å². The van der Waals surface area contributed by atoms with Gasteiger partial charge in [-0.1, -0.05) is 42.5 Å². The van der Waals surface area contributed by atoms with Crippen molar-refractivity contribution >= 4 is 17.8 Å². The molecule has 0 amide bonds. The Morgan fingerprint density at radius 2 is 1.65 bits per heavy atom. The number of halogens is 1. The molecule has 0 fully saturated rings. The lowest BCUT2D eigenvalue weighted by atomic mass is 10.2. The van der Waals surface area contributed by atoms with E-state index in [4.69, 9.17) is 0 Å². The molecule has 2 rings (SSSR count). The molecule has 2 aromatic rings. The maximum Gasteiger partial charge on any atom is 0.123 e. The quantitative estimate of drug-likeness (QED) is 0.749. The van der Waals surface area contributed by atoms with E-state index < -0.39 is 0 Å². The molecule has 0 aromatic heterocycles. The largest absolute Gasteiger partial charge is 0.207 e. The van der Waals surface area contributed by atoms with Crippen molar-refractivity contribution in [3.8, 4) is 0 Å². The fraction of sp³-hybridized carbons (Fsp3) is 0.0667. The zero-order valence-electron chi connectivity index (χ0n) is 9.34. The molecule has 0 N–H and O–H groups in total. The lowest BCUT2D eigenvalue weighted by molar-refractivity contribution is 0.628. The maximum absolute atomic E-state index is 12.7. The highest BCUT2D eigenvalue weighted by molar-refractivity contribution is 8.01. The van der Waals surface area contributed by atoms with Gasteiger partial charge in [0.15, 0.2) is 0 Å². The second kappa shape index (κ2) is 6.26. The molecular weight excluding hydrogens is 231 g/mol. The van der Waals surface area contributed by atoms with Gasteiger partial charge in [-0.2, -0.15) is 0 Å². The first-order chi connectivity index (χ1) is 8.34. The normalized spacial score (nSPS) is 10.9. The molecule has 0 aliphatic carbocycles. The van der Waals surface area contributed by atoms with Crippen molar-refractivity contribution in [1.82, 2.24) is 0 Å². The number of hydrogen-bond acceptors (Lipinski definition) is 1. The SMILES string of the molecule is Fc1ccc(/C=C\SCc2ccccc2)cc1. The molecule has 2 heteroatoms. The molecule has 2 aromatic carbocycles. The Bertz CT molecular complexity index is 474. The summed E-state index contributed by atoms with van der Waals surface area (Å²) in [6.07, 6.45) is 1.99. The van der Waals surface area contributed by atoms with Crippen LogP contribution in [0.3, 0.4) is 0 Å². The summed E-state index contributed by atoms with van der Waals surface area (Å²) in [5.41, 5.74) is 2.33. The molecule has 0 nitrogen and oxygen atoms in total. The molecule has 0 aliphatic heterocycles. The van der Waals surface area contributed by atoms with E-state index in [-0.39, 0.29) is 5.82 Å². The van der Waals surface area contributed by atoms with Crippen LogP contribution in [-0.2, 0) is 5.75 Å². The van der Waals surface area contributed by atoms with Gasteiger partial charge in [-0.15, -0.1) is 11.8 Å². The van der Waals surface area contributed by atoms with Crippen LogP contribution in [0.4, 0.5) is 4.39 Å². The van der Waals surface area contributed by atoms with E-state index in [1.54, 1.807) is 23.9 Å². The van der Waals surface area contributed by atoms with Gasteiger partial charge in [0.2, 0.25) is 0 Å². The number of rotatable bonds is 4. The summed E-state index contributed by atoms with van der Waals surface area (Å²) in [5, 5.41) is 2.04. The van der Waals surface area contributed by atoms with Gasteiger partial charge in [-0.3, -0.25) is 0 Å². The van der Waals surface area contributed by atoms with Gasteiger partial charge in [-0.25, -0.2) is 4.39 Å². The molecule has 0 saturated carbocycles. The molecule has 0 radical (unpaired) electrons. The van der Waals surface area contributed by atoms with E-state index in [1.165, 1.54) is 17.7 Å². The third-order valence-electron chi connectivity index (χ3n) is 2.32.